The number of aryl methyl sites for hydroxylation is 1. The van der Waals surface area contributed by atoms with Gasteiger partial charge in [-0.15, -0.1) is 0 Å². The van der Waals surface area contributed by atoms with Crippen molar-refractivity contribution in [2.24, 2.45) is 0 Å². The number of nitrogens with one attached hydrogen (secondary N) is 2. The normalized spacial score (nSPS) is 23.0. The van der Waals surface area contributed by atoms with Crippen molar-refractivity contribution in [1.82, 2.24) is 5.32 Å². The van der Waals surface area contributed by atoms with Crippen LogP contribution in [0.5, 0.6) is 0 Å². The zero-order valence-electron chi connectivity index (χ0n) is 10.6. The molecule has 3 N–H and O–H groups in total. The zero-order chi connectivity index (χ0) is 13.0. The fourth-order valence-corrected chi connectivity index (χ4v) is 2.27. The zero-order valence-corrected chi connectivity index (χ0v) is 10.6. The quantitative estimate of drug-likeness (QED) is 0.752. The lowest BCUT2D eigenvalue weighted by Gasteiger charge is -2.14. The van der Waals surface area contributed by atoms with E-state index in [9.17, 15) is 9.90 Å². The van der Waals surface area contributed by atoms with Gasteiger partial charge in [0.05, 0.1) is 12.1 Å². The average molecular weight is 248 g/mol. The number of benzene rings is 1. The largest absolute Gasteiger partial charge is 0.392 e. The molecule has 1 aliphatic rings. The van der Waals surface area contributed by atoms with Crippen molar-refractivity contribution >= 4 is 11.6 Å². The van der Waals surface area contributed by atoms with E-state index in [1.165, 1.54) is 0 Å². The standard InChI is InChI=1S/C14H20N2O2/c1-2-5-10-6-3-4-7-12(10)16-14(18)13-8-11(17)9-15-13/h3-4,6-7,11,13,15,17H,2,5,8-9H2,1H3,(H,16,18). The van der Waals surface area contributed by atoms with Crippen LogP contribution >= 0.6 is 0 Å². The first kappa shape index (κ1) is 13.1. The van der Waals surface area contributed by atoms with Gasteiger partial charge in [-0.25, -0.2) is 0 Å². The summed E-state index contributed by atoms with van der Waals surface area (Å²) in [7, 11) is 0. The molecule has 2 atom stereocenters. The van der Waals surface area contributed by atoms with Gasteiger partial charge in [0, 0.05) is 12.2 Å². The van der Waals surface area contributed by atoms with Crippen molar-refractivity contribution in [2.75, 3.05) is 11.9 Å². The Morgan fingerprint density at radius 2 is 2.28 bits per heavy atom. The van der Waals surface area contributed by atoms with E-state index >= 15 is 0 Å². The number of rotatable bonds is 4. The highest BCUT2D eigenvalue weighted by molar-refractivity contribution is 5.95. The molecule has 1 amide bonds. The molecule has 1 aromatic rings. The number of para-hydroxylation sites is 1. The van der Waals surface area contributed by atoms with Crippen molar-refractivity contribution in [3.8, 4) is 0 Å². The molecule has 1 saturated heterocycles. The smallest absolute Gasteiger partial charge is 0.241 e. The highest BCUT2D eigenvalue weighted by atomic mass is 16.3. The Morgan fingerprint density at radius 3 is 2.94 bits per heavy atom. The molecule has 4 heteroatoms. The molecule has 18 heavy (non-hydrogen) atoms. The molecule has 2 rings (SSSR count). The summed E-state index contributed by atoms with van der Waals surface area (Å²) in [6, 6.07) is 7.59. The van der Waals surface area contributed by atoms with Crippen LogP contribution in [0.2, 0.25) is 0 Å². The Bertz CT molecular complexity index is 420. The Balaban J connectivity index is 2.02. The Labute approximate surface area is 107 Å². The van der Waals surface area contributed by atoms with Crippen LogP contribution in [0.15, 0.2) is 24.3 Å². The van der Waals surface area contributed by atoms with Crippen LogP contribution in [-0.2, 0) is 11.2 Å². The summed E-state index contributed by atoms with van der Waals surface area (Å²) >= 11 is 0. The molecule has 0 saturated carbocycles. The predicted octanol–water partition coefficient (Wildman–Crippen LogP) is 1.30. The highest BCUT2D eigenvalue weighted by Crippen LogP contribution is 2.18. The lowest BCUT2D eigenvalue weighted by Crippen LogP contribution is -2.35. The molecule has 0 aliphatic carbocycles. The Kier molecular flexibility index (Phi) is 4.33. The first-order chi connectivity index (χ1) is 8.70. The fraction of sp³-hybridized carbons (Fsp3) is 0.500. The van der Waals surface area contributed by atoms with Crippen molar-refractivity contribution in [3.63, 3.8) is 0 Å². The van der Waals surface area contributed by atoms with Crippen molar-refractivity contribution in [3.05, 3.63) is 29.8 Å². The molecule has 2 unspecified atom stereocenters. The van der Waals surface area contributed by atoms with Crippen LogP contribution in [0.3, 0.4) is 0 Å². The molecule has 1 heterocycles. The second-order valence-electron chi connectivity index (χ2n) is 4.75. The third-order valence-electron chi connectivity index (χ3n) is 3.22. The maximum absolute atomic E-state index is 12.0. The number of amides is 1. The van der Waals surface area contributed by atoms with E-state index in [0.717, 1.165) is 24.1 Å². The van der Waals surface area contributed by atoms with Gasteiger partial charge in [-0.1, -0.05) is 31.5 Å². The van der Waals surface area contributed by atoms with E-state index < -0.39 is 6.10 Å². The summed E-state index contributed by atoms with van der Waals surface area (Å²) in [5.41, 5.74) is 2.04. The van der Waals surface area contributed by atoms with Crippen LogP contribution < -0.4 is 10.6 Å². The van der Waals surface area contributed by atoms with Crippen LogP contribution in [-0.4, -0.2) is 29.7 Å². The molecule has 0 bridgehead atoms. The van der Waals surface area contributed by atoms with Gasteiger partial charge in [0.1, 0.15) is 0 Å². The van der Waals surface area contributed by atoms with Gasteiger partial charge >= 0.3 is 0 Å². The topological polar surface area (TPSA) is 61.4 Å². The van der Waals surface area contributed by atoms with Gasteiger partial charge < -0.3 is 15.7 Å². The molecule has 1 aliphatic heterocycles. The minimum absolute atomic E-state index is 0.0601. The first-order valence-electron chi connectivity index (χ1n) is 6.51. The van der Waals surface area contributed by atoms with Crippen LogP contribution in [0, 0.1) is 0 Å². The lowest BCUT2D eigenvalue weighted by molar-refractivity contribution is -0.117. The molecule has 98 valence electrons. The first-order valence-corrected chi connectivity index (χ1v) is 6.51. The van der Waals surface area contributed by atoms with Crippen molar-refractivity contribution in [1.29, 1.82) is 0 Å². The van der Waals surface area contributed by atoms with Crippen molar-refractivity contribution in [2.45, 2.75) is 38.3 Å². The molecule has 0 aromatic heterocycles. The lowest BCUT2D eigenvalue weighted by atomic mass is 10.1. The van der Waals surface area contributed by atoms with E-state index in [0.29, 0.717) is 13.0 Å². The monoisotopic (exact) mass is 248 g/mol. The number of β-amino-alcohol motifs (C(OH)–C–C–N with tert-alkyl or cyclic N) is 1. The maximum Gasteiger partial charge on any atom is 0.241 e. The summed E-state index contributed by atoms with van der Waals surface area (Å²) in [5.74, 6) is -0.0601. The van der Waals surface area contributed by atoms with Gasteiger partial charge in [0.2, 0.25) is 5.91 Å². The van der Waals surface area contributed by atoms with E-state index in [2.05, 4.69) is 17.6 Å². The molecule has 4 nitrogen and oxygen atoms in total. The molecule has 0 spiro atoms. The highest BCUT2D eigenvalue weighted by Gasteiger charge is 2.28. The van der Waals surface area contributed by atoms with Crippen molar-refractivity contribution < 1.29 is 9.90 Å². The number of hydrogen-bond acceptors (Lipinski definition) is 3. The summed E-state index contributed by atoms with van der Waals surface area (Å²) in [5, 5.41) is 15.4. The maximum atomic E-state index is 12.0. The SMILES string of the molecule is CCCc1ccccc1NC(=O)C1CC(O)CN1. The molecule has 0 radical (unpaired) electrons. The summed E-state index contributed by atoms with van der Waals surface area (Å²) < 4.78 is 0. The van der Waals surface area contributed by atoms with Gasteiger partial charge in [0.15, 0.2) is 0 Å². The number of aliphatic hydroxyl groups excluding tert-OH is 1. The Hall–Kier alpha value is -1.39. The predicted molar refractivity (Wildman–Crippen MR) is 71.5 cm³/mol. The average Bonchev–Trinajstić information content (AvgIpc) is 2.79. The fourth-order valence-electron chi connectivity index (χ4n) is 2.27. The van der Waals surface area contributed by atoms with Gasteiger partial charge in [-0.05, 0) is 24.5 Å². The minimum Gasteiger partial charge on any atom is -0.392 e. The number of carbonyl (C=O) groups excluding carboxylic acids is 1. The molecular formula is C14H20N2O2. The number of carbonyl (C=O) groups is 1. The molecular weight excluding hydrogens is 228 g/mol. The van der Waals surface area contributed by atoms with Gasteiger partial charge in [-0.3, -0.25) is 4.79 Å². The summed E-state index contributed by atoms with van der Waals surface area (Å²) in [6.07, 6.45) is 2.08. The minimum atomic E-state index is -0.411. The van der Waals surface area contributed by atoms with E-state index in [1.54, 1.807) is 0 Å². The summed E-state index contributed by atoms with van der Waals surface area (Å²) in [4.78, 5) is 12.0. The van der Waals surface area contributed by atoms with Crippen LogP contribution in [0.25, 0.3) is 0 Å². The van der Waals surface area contributed by atoms with E-state index in [-0.39, 0.29) is 11.9 Å². The molecule has 1 fully saturated rings. The molecule has 1 aromatic carbocycles. The second kappa shape index (κ2) is 5.98. The summed E-state index contributed by atoms with van der Waals surface area (Å²) in [6.45, 7) is 2.61. The van der Waals surface area contributed by atoms with Gasteiger partial charge in [-0.2, -0.15) is 0 Å². The number of aliphatic hydroxyl groups is 1. The number of anilines is 1. The van der Waals surface area contributed by atoms with Gasteiger partial charge in [0.25, 0.3) is 0 Å². The van der Waals surface area contributed by atoms with E-state index in [4.69, 9.17) is 0 Å². The van der Waals surface area contributed by atoms with E-state index in [1.807, 2.05) is 24.3 Å². The Morgan fingerprint density at radius 1 is 1.50 bits per heavy atom. The van der Waals surface area contributed by atoms with Crippen LogP contribution in [0.4, 0.5) is 5.69 Å². The third kappa shape index (κ3) is 3.09. The third-order valence-corrected chi connectivity index (χ3v) is 3.22. The second-order valence-corrected chi connectivity index (χ2v) is 4.75. The number of hydrogen-bond donors (Lipinski definition) is 3. The van der Waals surface area contributed by atoms with Crippen LogP contribution in [0.1, 0.15) is 25.3 Å².